The van der Waals surface area contributed by atoms with Gasteiger partial charge >= 0.3 is 0 Å². The molecule has 2 unspecified atom stereocenters. The third-order valence-corrected chi connectivity index (χ3v) is 2.94. The maximum atomic E-state index is 11.5. The fourth-order valence-electron chi connectivity index (χ4n) is 1.86. The number of hydrogen-bond acceptors (Lipinski definition) is 3. The quantitative estimate of drug-likeness (QED) is 0.670. The van der Waals surface area contributed by atoms with Gasteiger partial charge in [0.25, 0.3) is 0 Å². The molecule has 0 aromatic rings. The van der Waals surface area contributed by atoms with Crippen LogP contribution in [0.25, 0.3) is 0 Å². The van der Waals surface area contributed by atoms with Gasteiger partial charge in [0.1, 0.15) is 6.10 Å². The van der Waals surface area contributed by atoms with Crippen LogP contribution in [-0.2, 0) is 9.53 Å². The van der Waals surface area contributed by atoms with Gasteiger partial charge in [-0.25, -0.2) is 0 Å². The summed E-state index contributed by atoms with van der Waals surface area (Å²) in [5.41, 5.74) is 0. The molecule has 0 aromatic carbocycles. The topological polar surface area (TPSA) is 50.4 Å². The maximum absolute atomic E-state index is 11.5. The first-order valence-corrected chi connectivity index (χ1v) is 5.49. The summed E-state index contributed by atoms with van der Waals surface area (Å²) in [6.07, 6.45) is 4.01. The smallest absolute Gasteiger partial charge is 0.249 e. The van der Waals surface area contributed by atoms with Gasteiger partial charge in [0, 0.05) is 19.2 Å². The average Bonchev–Trinajstić information content (AvgIpc) is 2.61. The van der Waals surface area contributed by atoms with E-state index in [-0.39, 0.29) is 12.0 Å². The largest absolute Gasteiger partial charge is 0.368 e. The third-order valence-electron chi connectivity index (χ3n) is 2.94. The van der Waals surface area contributed by atoms with Crippen LogP contribution in [0.1, 0.15) is 25.7 Å². The van der Waals surface area contributed by atoms with Crippen LogP contribution in [0, 0.1) is 0 Å². The molecule has 14 heavy (non-hydrogen) atoms. The number of rotatable bonds is 4. The lowest BCUT2D eigenvalue weighted by molar-refractivity contribution is -0.130. The first-order valence-electron chi connectivity index (χ1n) is 5.49. The minimum Gasteiger partial charge on any atom is -0.368 e. The van der Waals surface area contributed by atoms with Crippen LogP contribution in [0.2, 0.25) is 0 Å². The van der Waals surface area contributed by atoms with E-state index >= 15 is 0 Å². The Balaban J connectivity index is 1.57. The van der Waals surface area contributed by atoms with E-state index in [2.05, 4.69) is 10.6 Å². The molecule has 2 heterocycles. The second-order valence-corrected chi connectivity index (χ2v) is 4.02. The maximum Gasteiger partial charge on any atom is 0.249 e. The van der Waals surface area contributed by atoms with E-state index in [0.717, 1.165) is 39.0 Å². The van der Waals surface area contributed by atoms with Crippen molar-refractivity contribution in [2.45, 2.75) is 37.8 Å². The lowest BCUT2D eigenvalue weighted by Gasteiger charge is -2.27. The molecular formula is C10H18N2O2. The van der Waals surface area contributed by atoms with Crippen molar-refractivity contribution in [3.05, 3.63) is 0 Å². The molecular weight excluding hydrogens is 180 g/mol. The van der Waals surface area contributed by atoms with Crippen LogP contribution in [0.4, 0.5) is 0 Å². The monoisotopic (exact) mass is 198 g/mol. The molecule has 2 fully saturated rings. The SMILES string of the molecule is O=C(NCCC1CCN1)C1CCCO1. The molecule has 0 spiro atoms. The van der Waals surface area contributed by atoms with Gasteiger partial charge in [-0.15, -0.1) is 0 Å². The first kappa shape index (κ1) is 9.93. The van der Waals surface area contributed by atoms with E-state index in [1.165, 1.54) is 6.42 Å². The summed E-state index contributed by atoms with van der Waals surface area (Å²) in [6.45, 7) is 2.64. The van der Waals surface area contributed by atoms with E-state index in [9.17, 15) is 4.79 Å². The molecule has 0 aromatic heterocycles. The zero-order valence-electron chi connectivity index (χ0n) is 8.42. The minimum atomic E-state index is -0.177. The zero-order valence-corrected chi connectivity index (χ0v) is 8.42. The molecule has 2 atom stereocenters. The number of nitrogens with one attached hydrogen (secondary N) is 2. The molecule has 2 aliphatic heterocycles. The van der Waals surface area contributed by atoms with Gasteiger partial charge in [-0.05, 0) is 32.2 Å². The van der Waals surface area contributed by atoms with Crippen molar-refractivity contribution in [3.8, 4) is 0 Å². The zero-order chi connectivity index (χ0) is 9.80. The summed E-state index contributed by atoms with van der Waals surface area (Å²) in [7, 11) is 0. The van der Waals surface area contributed by atoms with Crippen molar-refractivity contribution in [1.82, 2.24) is 10.6 Å². The second-order valence-electron chi connectivity index (χ2n) is 4.02. The van der Waals surface area contributed by atoms with Gasteiger partial charge in [0.05, 0.1) is 0 Å². The lowest BCUT2D eigenvalue weighted by Crippen LogP contribution is -2.45. The summed E-state index contributed by atoms with van der Waals surface area (Å²) in [6, 6.07) is 0.625. The Morgan fingerprint density at radius 2 is 2.36 bits per heavy atom. The summed E-state index contributed by atoms with van der Waals surface area (Å²) < 4.78 is 5.28. The van der Waals surface area contributed by atoms with E-state index in [1.54, 1.807) is 0 Å². The average molecular weight is 198 g/mol. The molecule has 2 rings (SSSR count). The van der Waals surface area contributed by atoms with Crippen molar-refractivity contribution in [1.29, 1.82) is 0 Å². The molecule has 2 saturated heterocycles. The van der Waals surface area contributed by atoms with E-state index in [0.29, 0.717) is 6.04 Å². The predicted molar refractivity (Wildman–Crippen MR) is 53.0 cm³/mol. The number of amides is 1. The van der Waals surface area contributed by atoms with Crippen LogP contribution in [0.3, 0.4) is 0 Å². The van der Waals surface area contributed by atoms with Crippen LogP contribution in [0.5, 0.6) is 0 Å². The summed E-state index contributed by atoms with van der Waals surface area (Å²) >= 11 is 0. The van der Waals surface area contributed by atoms with E-state index in [4.69, 9.17) is 4.74 Å². The fraction of sp³-hybridized carbons (Fsp3) is 0.900. The van der Waals surface area contributed by atoms with Crippen LogP contribution >= 0.6 is 0 Å². The molecule has 4 nitrogen and oxygen atoms in total. The van der Waals surface area contributed by atoms with Gasteiger partial charge < -0.3 is 15.4 Å². The predicted octanol–water partition coefficient (Wildman–Crippen LogP) is 0.0336. The van der Waals surface area contributed by atoms with Crippen molar-refractivity contribution in [2.75, 3.05) is 19.7 Å². The second kappa shape index (κ2) is 4.75. The van der Waals surface area contributed by atoms with E-state index < -0.39 is 0 Å². The van der Waals surface area contributed by atoms with Crippen molar-refractivity contribution >= 4 is 5.91 Å². The highest BCUT2D eigenvalue weighted by atomic mass is 16.5. The van der Waals surface area contributed by atoms with Gasteiger partial charge in [-0.1, -0.05) is 0 Å². The minimum absolute atomic E-state index is 0.0711. The Labute approximate surface area is 84.4 Å². The van der Waals surface area contributed by atoms with Crippen LogP contribution in [0.15, 0.2) is 0 Å². The van der Waals surface area contributed by atoms with Gasteiger partial charge in [-0.2, -0.15) is 0 Å². The first-order chi connectivity index (χ1) is 6.86. The Morgan fingerprint density at radius 3 is 2.93 bits per heavy atom. The standard InChI is InChI=1S/C10H18N2O2/c13-10(9-2-1-7-14-9)12-6-4-8-3-5-11-8/h8-9,11H,1-7H2,(H,12,13). The molecule has 0 bridgehead atoms. The summed E-state index contributed by atoms with van der Waals surface area (Å²) in [4.78, 5) is 11.5. The highest BCUT2D eigenvalue weighted by Gasteiger charge is 2.23. The highest BCUT2D eigenvalue weighted by Crippen LogP contribution is 2.12. The molecule has 4 heteroatoms. The molecule has 1 amide bonds. The third kappa shape index (κ3) is 2.45. The number of carbonyl (C=O) groups is 1. The van der Waals surface area contributed by atoms with E-state index in [1.807, 2.05) is 0 Å². The number of ether oxygens (including phenoxy) is 1. The fourth-order valence-corrected chi connectivity index (χ4v) is 1.86. The molecule has 0 aliphatic carbocycles. The Kier molecular flexibility index (Phi) is 3.37. The summed E-state index contributed by atoms with van der Waals surface area (Å²) in [5.74, 6) is 0.0711. The highest BCUT2D eigenvalue weighted by molar-refractivity contribution is 5.80. The summed E-state index contributed by atoms with van der Waals surface area (Å²) in [5, 5.41) is 6.23. The number of hydrogen-bond donors (Lipinski definition) is 2. The van der Waals surface area contributed by atoms with Crippen molar-refractivity contribution < 1.29 is 9.53 Å². The van der Waals surface area contributed by atoms with Gasteiger partial charge in [-0.3, -0.25) is 4.79 Å². The van der Waals surface area contributed by atoms with Crippen LogP contribution in [-0.4, -0.2) is 37.7 Å². The molecule has 80 valence electrons. The van der Waals surface area contributed by atoms with Crippen LogP contribution < -0.4 is 10.6 Å². The van der Waals surface area contributed by atoms with Crippen molar-refractivity contribution in [3.63, 3.8) is 0 Å². The molecule has 0 saturated carbocycles. The van der Waals surface area contributed by atoms with Crippen molar-refractivity contribution in [2.24, 2.45) is 0 Å². The lowest BCUT2D eigenvalue weighted by atomic mass is 10.0. The molecule has 2 N–H and O–H groups in total. The Morgan fingerprint density at radius 1 is 1.50 bits per heavy atom. The molecule has 2 aliphatic rings. The van der Waals surface area contributed by atoms with Gasteiger partial charge in [0.2, 0.25) is 5.91 Å². The Hall–Kier alpha value is -0.610. The normalized spacial score (nSPS) is 31.1. The number of carbonyl (C=O) groups excluding carboxylic acids is 1. The van der Waals surface area contributed by atoms with Gasteiger partial charge in [0.15, 0.2) is 0 Å². The Bertz CT molecular complexity index is 198. The molecule has 0 radical (unpaired) electrons.